The minimum atomic E-state index is 0.318. The van der Waals surface area contributed by atoms with Crippen molar-refractivity contribution in [2.24, 2.45) is 11.7 Å². The molecular formula is C11H24N2. The Labute approximate surface area is 82.5 Å². The Morgan fingerprint density at radius 2 is 2.00 bits per heavy atom. The van der Waals surface area contributed by atoms with Crippen molar-refractivity contribution < 1.29 is 0 Å². The van der Waals surface area contributed by atoms with Gasteiger partial charge in [0.05, 0.1) is 0 Å². The second-order valence-corrected chi connectivity index (χ2v) is 5.34. The van der Waals surface area contributed by atoms with E-state index in [1.54, 1.807) is 0 Å². The van der Waals surface area contributed by atoms with Crippen LogP contribution >= 0.6 is 0 Å². The van der Waals surface area contributed by atoms with E-state index < -0.39 is 0 Å². The summed E-state index contributed by atoms with van der Waals surface area (Å²) in [5.74, 6) is 0.758. The SMILES string of the molecule is C[C@@H]1C[C@H](CN)CCN1C(C)(C)C. The first-order valence-corrected chi connectivity index (χ1v) is 5.42. The smallest absolute Gasteiger partial charge is 0.0127 e. The zero-order valence-corrected chi connectivity index (χ0v) is 9.51. The molecule has 0 aromatic carbocycles. The summed E-state index contributed by atoms with van der Waals surface area (Å²) in [6.45, 7) is 11.3. The van der Waals surface area contributed by atoms with Crippen LogP contribution in [0.2, 0.25) is 0 Å². The van der Waals surface area contributed by atoms with E-state index in [1.165, 1.54) is 19.4 Å². The molecular weight excluding hydrogens is 160 g/mol. The van der Waals surface area contributed by atoms with E-state index in [1.807, 2.05) is 0 Å². The molecule has 1 saturated heterocycles. The normalized spacial score (nSPS) is 32.1. The minimum absolute atomic E-state index is 0.318. The molecule has 1 aliphatic rings. The van der Waals surface area contributed by atoms with Crippen LogP contribution in [0.4, 0.5) is 0 Å². The number of rotatable bonds is 1. The molecule has 1 heterocycles. The summed E-state index contributed by atoms with van der Waals surface area (Å²) in [5, 5.41) is 0. The number of hydrogen-bond donors (Lipinski definition) is 1. The minimum Gasteiger partial charge on any atom is -0.330 e. The Kier molecular flexibility index (Phi) is 3.36. The van der Waals surface area contributed by atoms with Gasteiger partial charge in [0, 0.05) is 11.6 Å². The van der Waals surface area contributed by atoms with E-state index in [-0.39, 0.29) is 0 Å². The van der Waals surface area contributed by atoms with E-state index in [4.69, 9.17) is 5.73 Å². The lowest BCUT2D eigenvalue weighted by Gasteiger charge is -2.45. The Hall–Kier alpha value is -0.0800. The first-order chi connectivity index (χ1) is 5.95. The van der Waals surface area contributed by atoms with Crippen molar-refractivity contribution >= 4 is 0 Å². The Morgan fingerprint density at radius 1 is 1.38 bits per heavy atom. The molecule has 78 valence electrons. The van der Waals surface area contributed by atoms with Crippen LogP contribution in [0.25, 0.3) is 0 Å². The van der Waals surface area contributed by atoms with Gasteiger partial charge < -0.3 is 5.73 Å². The topological polar surface area (TPSA) is 29.3 Å². The summed E-state index contributed by atoms with van der Waals surface area (Å²) in [6, 6.07) is 0.697. The standard InChI is InChI=1S/C11H24N2/c1-9-7-10(8-12)5-6-13(9)11(2,3)4/h9-10H,5-8,12H2,1-4H3/t9-,10-/m1/s1. The highest BCUT2D eigenvalue weighted by Crippen LogP contribution is 2.27. The molecule has 1 aliphatic heterocycles. The molecule has 0 bridgehead atoms. The van der Waals surface area contributed by atoms with Gasteiger partial charge in [0.1, 0.15) is 0 Å². The molecule has 0 radical (unpaired) electrons. The van der Waals surface area contributed by atoms with Crippen LogP contribution < -0.4 is 5.73 Å². The average Bonchev–Trinajstić information content (AvgIpc) is 2.01. The van der Waals surface area contributed by atoms with Crippen molar-refractivity contribution in [3.8, 4) is 0 Å². The first-order valence-electron chi connectivity index (χ1n) is 5.42. The Bertz CT molecular complexity index is 160. The third kappa shape index (κ3) is 2.68. The Balaban J connectivity index is 2.53. The van der Waals surface area contributed by atoms with Crippen LogP contribution in [0.15, 0.2) is 0 Å². The summed E-state index contributed by atoms with van der Waals surface area (Å²) in [7, 11) is 0. The van der Waals surface area contributed by atoms with Crippen molar-refractivity contribution in [2.45, 2.75) is 52.1 Å². The molecule has 0 aromatic heterocycles. The van der Waals surface area contributed by atoms with E-state index >= 15 is 0 Å². The van der Waals surface area contributed by atoms with Crippen LogP contribution in [0.1, 0.15) is 40.5 Å². The lowest BCUT2D eigenvalue weighted by molar-refractivity contribution is 0.0407. The van der Waals surface area contributed by atoms with Gasteiger partial charge in [0.2, 0.25) is 0 Å². The van der Waals surface area contributed by atoms with E-state index in [0.717, 1.165) is 12.5 Å². The zero-order valence-electron chi connectivity index (χ0n) is 9.51. The average molecular weight is 184 g/mol. The molecule has 1 rings (SSSR count). The number of piperidine rings is 1. The maximum atomic E-state index is 5.70. The van der Waals surface area contributed by atoms with Crippen molar-refractivity contribution in [3.63, 3.8) is 0 Å². The van der Waals surface area contributed by atoms with E-state index in [9.17, 15) is 0 Å². The van der Waals surface area contributed by atoms with Gasteiger partial charge in [-0.15, -0.1) is 0 Å². The van der Waals surface area contributed by atoms with Gasteiger partial charge in [-0.05, 0) is 59.5 Å². The quantitative estimate of drug-likeness (QED) is 0.674. The van der Waals surface area contributed by atoms with Crippen molar-refractivity contribution in [1.29, 1.82) is 0 Å². The lowest BCUT2D eigenvalue weighted by atomic mass is 9.88. The monoisotopic (exact) mass is 184 g/mol. The van der Waals surface area contributed by atoms with Gasteiger partial charge in [0.15, 0.2) is 0 Å². The van der Waals surface area contributed by atoms with E-state index in [0.29, 0.717) is 11.6 Å². The highest BCUT2D eigenvalue weighted by molar-refractivity contribution is 4.86. The number of hydrogen-bond acceptors (Lipinski definition) is 2. The van der Waals surface area contributed by atoms with Gasteiger partial charge in [-0.1, -0.05) is 0 Å². The fourth-order valence-corrected chi connectivity index (χ4v) is 2.48. The second kappa shape index (κ2) is 3.97. The molecule has 13 heavy (non-hydrogen) atoms. The third-order valence-corrected chi connectivity index (χ3v) is 3.18. The van der Waals surface area contributed by atoms with Crippen LogP contribution in [0.5, 0.6) is 0 Å². The highest BCUT2D eigenvalue weighted by Gasteiger charge is 2.31. The molecule has 2 N–H and O–H groups in total. The maximum absolute atomic E-state index is 5.70. The van der Waals surface area contributed by atoms with Crippen LogP contribution in [-0.2, 0) is 0 Å². The molecule has 2 atom stereocenters. The predicted molar refractivity (Wildman–Crippen MR) is 57.7 cm³/mol. The summed E-state index contributed by atoms with van der Waals surface area (Å²) in [5.41, 5.74) is 6.02. The summed E-state index contributed by atoms with van der Waals surface area (Å²) in [6.07, 6.45) is 2.55. The number of nitrogens with zero attached hydrogens (tertiary/aromatic N) is 1. The lowest BCUT2D eigenvalue weighted by Crippen LogP contribution is -2.51. The highest BCUT2D eigenvalue weighted by atomic mass is 15.2. The molecule has 0 unspecified atom stereocenters. The summed E-state index contributed by atoms with van der Waals surface area (Å²) < 4.78 is 0. The third-order valence-electron chi connectivity index (χ3n) is 3.18. The number of likely N-dealkylation sites (tertiary alicyclic amines) is 1. The largest absolute Gasteiger partial charge is 0.330 e. The summed E-state index contributed by atoms with van der Waals surface area (Å²) >= 11 is 0. The van der Waals surface area contributed by atoms with Crippen molar-refractivity contribution in [2.75, 3.05) is 13.1 Å². The van der Waals surface area contributed by atoms with E-state index in [2.05, 4.69) is 32.6 Å². The summed E-state index contributed by atoms with van der Waals surface area (Å²) in [4.78, 5) is 2.60. The second-order valence-electron chi connectivity index (χ2n) is 5.34. The van der Waals surface area contributed by atoms with Gasteiger partial charge >= 0.3 is 0 Å². The maximum Gasteiger partial charge on any atom is 0.0127 e. The predicted octanol–water partition coefficient (Wildman–Crippen LogP) is 1.84. The van der Waals surface area contributed by atoms with Crippen LogP contribution in [0, 0.1) is 5.92 Å². The van der Waals surface area contributed by atoms with Crippen molar-refractivity contribution in [3.05, 3.63) is 0 Å². The molecule has 2 nitrogen and oxygen atoms in total. The van der Waals surface area contributed by atoms with Gasteiger partial charge in [-0.25, -0.2) is 0 Å². The first kappa shape index (κ1) is 11.0. The zero-order chi connectivity index (χ0) is 10.1. The van der Waals surface area contributed by atoms with Gasteiger partial charge in [-0.3, -0.25) is 4.90 Å². The number of nitrogens with two attached hydrogens (primary N) is 1. The molecule has 0 spiro atoms. The molecule has 0 aliphatic carbocycles. The van der Waals surface area contributed by atoms with Crippen LogP contribution in [0.3, 0.4) is 0 Å². The molecule has 1 fully saturated rings. The molecule has 0 saturated carbocycles. The molecule has 0 aromatic rings. The molecule has 0 amide bonds. The molecule has 2 heteroatoms. The van der Waals surface area contributed by atoms with Gasteiger partial charge in [0.25, 0.3) is 0 Å². The fourth-order valence-electron chi connectivity index (χ4n) is 2.48. The Morgan fingerprint density at radius 3 is 2.38 bits per heavy atom. The fraction of sp³-hybridized carbons (Fsp3) is 1.00. The van der Waals surface area contributed by atoms with Crippen molar-refractivity contribution in [1.82, 2.24) is 4.90 Å². The van der Waals surface area contributed by atoms with Gasteiger partial charge in [-0.2, -0.15) is 0 Å². The van der Waals surface area contributed by atoms with Crippen LogP contribution in [-0.4, -0.2) is 29.6 Å².